The highest BCUT2D eigenvalue weighted by Gasteiger charge is 2.37. The van der Waals surface area contributed by atoms with Crippen LogP contribution in [-0.2, 0) is 14.3 Å². The van der Waals surface area contributed by atoms with Gasteiger partial charge in [-0.05, 0) is 6.92 Å². The van der Waals surface area contributed by atoms with Crippen molar-refractivity contribution in [3.05, 3.63) is 12.7 Å². The summed E-state index contributed by atoms with van der Waals surface area (Å²) in [5.74, 6) is -1.80. The Bertz CT molecular complexity index is 493. The van der Waals surface area contributed by atoms with E-state index in [0.29, 0.717) is 0 Å². The Labute approximate surface area is 109 Å². The molecule has 0 fully saturated rings. The molecule has 9 heteroatoms. The number of hydrogen-bond acceptors (Lipinski definition) is 9. The first-order valence-corrected chi connectivity index (χ1v) is 5.29. The quantitative estimate of drug-likeness (QED) is 0.284. The van der Waals surface area contributed by atoms with Gasteiger partial charge in [0.15, 0.2) is 0 Å². The van der Waals surface area contributed by atoms with Gasteiger partial charge < -0.3 is 10.5 Å². The summed E-state index contributed by atoms with van der Waals surface area (Å²) < 4.78 is 4.80. The van der Waals surface area contributed by atoms with Crippen LogP contribution in [0.25, 0.3) is 0 Å². The number of aliphatic imine (C=N–C) groups is 2. The Balaban J connectivity index is 2.86. The lowest BCUT2D eigenvalue weighted by Gasteiger charge is -2.35. The number of esters is 1. The zero-order valence-electron chi connectivity index (χ0n) is 10.4. The van der Waals surface area contributed by atoms with Crippen LogP contribution in [0.4, 0.5) is 0 Å². The second-order valence-corrected chi connectivity index (χ2v) is 3.63. The third kappa shape index (κ3) is 3.47. The van der Waals surface area contributed by atoms with Gasteiger partial charge in [0.2, 0.25) is 11.7 Å². The van der Waals surface area contributed by atoms with E-state index in [2.05, 4.69) is 21.7 Å². The molecule has 0 aromatic carbocycles. The maximum Gasteiger partial charge on any atom is 0.330 e. The van der Waals surface area contributed by atoms with Gasteiger partial charge in [-0.25, -0.2) is 14.6 Å². The highest BCUT2D eigenvalue weighted by atomic mass is 16.5. The molecule has 19 heavy (non-hydrogen) atoms. The van der Waals surface area contributed by atoms with Gasteiger partial charge in [-0.3, -0.25) is 5.73 Å². The lowest BCUT2D eigenvalue weighted by atomic mass is 10.2. The maximum atomic E-state index is 10.9. The number of amidine groups is 1. The summed E-state index contributed by atoms with van der Waals surface area (Å²) in [5, 5.41) is 4.49. The lowest BCUT2D eigenvalue weighted by molar-refractivity contribution is -0.138. The van der Waals surface area contributed by atoms with Crippen LogP contribution in [-0.4, -0.2) is 41.2 Å². The molecular weight excluding hydrogens is 252 g/mol. The number of ether oxygens (including phenoxy) is 1. The summed E-state index contributed by atoms with van der Waals surface area (Å²) >= 11 is 0. The van der Waals surface area contributed by atoms with Gasteiger partial charge in [-0.2, -0.15) is 10.0 Å². The SMILES string of the molecule is C=CC(=O)OCCC1(N)N=C(N)N=C(C)N1N=C=O. The Morgan fingerprint density at radius 1 is 1.74 bits per heavy atom. The van der Waals surface area contributed by atoms with Gasteiger partial charge in [0.05, 0.1) is 6.61 Å². The first kappa shape index (κ1) is 14.6. The molecule has 0 saturated carbocycles. The number of carbonyl (C=O) groups excluding carboxylic acids is 2. The number of nitrogens with two attached hydrogens (primary N) is 2. The smallest absolute Gasteiger partial charge is 0.330 e. The van der Waals surface area contributed by atoms with Crippen molar-refractivity contribution in [2.24, 2.45) is 26.6 Å². The molecule has 9 nitrogen and oxygen atoms in total. The molecule has 0 bridgehead atoms. The summed E-state index contributed by atoms with van der Waals surface area (Å²) in [6.07, 6.45) is 2.44. The van der Waals surface area contributed by atoms with Gasteiger partial charge in [0.1, 0.15) is 5.84 Å². The summed E-state index contributed by atoms with van der Waals surface area (Å²) in [7, 11) is 0. The number of isocyanates is 1. The molecular formula is C10H14N6O3. The van der Waals surface area contributed by atoms with Crippen LogP contribution in [0.5, 0.6) is 0 Å². The topological polar surface area (TPSA) is 136 Å². The molecule has 0 amide bonds. The Morgan fingerprint density at radius 3 is 3.00 bits per heavy atom. The van der Waals surface area contributed by atoms with Crippen LogP contribution in [0, 0.1) is 0 Å². The summed E-state index contributed by atoms with van der Waals surface area (Å²) in [6, 6.07) is 0. The van der Waals surface area contributed by atoms with Crippen LogP contribution in [0.2, 0.25) is 0 Å². The molecule has 0 aliphatic carbocycles. The monoisotopic (exact) mass is 266 g/mol. The van der Waals surface area contributed by atoms with E-state index < -0.39 is 11.8 Å². The number of nitrogens with zero attached hydrogens (tertiary/aromatic N) is 4. The van der Waals surface area contributed by atoms with Crippen LogP contribution in [0.15, 0.2) is 27.7 Å². The average Bonchev–Trinajstić information content (AvgIpc) is 2.33. The minimum atomic E-state index is -1.45. The fourth-order valence-corrected chi connectivity index (χ4v) is 1.49. The van der Waals surface area contributed by atoms with E-state index >= 15 is 0 Å². The Morgan fingerprint density at radius 2 is 2.42 bits per heavy atom. The van der Waals surface area contributed by atoms with E-state index in [-0.39, 0.29) is 24.8 Å². The standard InChI is InChI=1S/C10H14N6O3/c1-3-8(18)19-5-4-10(12)15-9(11)14-7(2)16(10)13-6-17/h3H,1,4-5,12H2,2H3,(H2,11,15). The summed E-state index contributed by atoms with van der Waals surface area (Å²) in [4.78, 5) is 29.1. The van der Waals surface area contributed by atoms with E-state index in [9.17, 15) is 9.59 Å². The number of guanidine groups is 1. The van der Waals surface area contributed by atoms with Crippen LogP contribution >= 0.6 is 0 Å². The number of hydrogen-bond donors (Lipinski definition) is 2. The molecule has 0 radical (unpaired) electrons. The van der Waals surface area contributed by atoms with E-state index in [1.54, 1.807) is 6.92 Å². The van der Waals surface area contributed by atoms with Gasteiger partial charge in [0.25, 0.3) is 6.08 Å². The predicted molar refractivity (Wildman–Crippen MR) is 67.4 cm³/mol. The molecule has 0 aromatic heterocycles. The van der Waals surface area contributed by atoms with Crippen molar-refractivity contribution >= 4 is 23.8 Å². The summed E-state index contributed by atoms with van der Waals surface area (Å²) in [6.45, 7) is 4.77. The molecule has 102 valence electrons. The van der Waals surface area contributed by atoms with Crippen molar-refractivity contribution < 1.29 is 14.3 Å². The van der Waals surface area contributed by atoms with Crippen molar-refractivity contribution in [2.45, 2.75) is 19.1 Å². The van der Waals surface area contributed by atoms with Crippen LogP contribution in [0.3, 0.4) is 0 Å². The van der Waals surface area contributed by atoms with Crippen molar-refractivity contribution in [2.75, 3.05) is 6.61 Å². The molecule has 1 unspecified atom stereocenters. The highest BCUT2D eigenvalue weighted by molar-refractivity contribution is 5.96. The average molecular weight is 266 g/mol. The second-order valence-electron chi connectivity index (χ2n) is 3.63. The van der Waals surface area contributed by atoms with Crippen molar-refractivity contribution in [1.29, 1.82) is 0 Å². The van der Waals surface area contributed by atoms with Crippen molar-refractivity contribution in [3.8, 4) is 0 Å². The van der Waals surface area contributed by atoms with E-state index in [4.69, 9.17) is 16.2 Å². The largest absolute Gasteiger partial charge is 0.462 e. The Kier molecular flexibility index (Phi) is 4.51. The molecule has 1 heterocycles. The van der Waals surface area contributed by atoms with E-state index in [0.717, 1.165) is 11.1 Å². The van der Waals surface area contributed by atoms with Crippen molar-refractivity contribution in [1.82, 2.24) is 5.01 Å². The minimum Gasteiger partial charge on any atom is -0.462 e. The van der Waals surface area contributed by atoms with E-state index in [1.807, 2.05) is 0 Å². The van der Waals surface area contributed by atoms with E-state index in [1.165, 1.54) is 6.08 Å². The Hall–Kier alpha value is -2.51. The molecule has 0 aromatic rings. The van der Waals surface area contributed by atoms with Crippen LogP contribution in [0.1, 0.15) is 13.3 Å². The molecule has 1 aliphatic heterocycles. The fourth-order valence-electron chi connectivity index (χ4n) is 1.49. The number of carbonyl (C=O) groups is 1. The third-order valence-corrected chi connectivity index (χ3v) is 2.28. The first-order chi connectivity index (χ1) is 8.92. The van der Waals surface area contributed by atoms with Gasteiger partial charge in [0, 0.05) is 12.5 Å². The molecule has 1 rings (SSSR count). The number of rotatable bonds is 5. The zero-order chi connectivity index (χ0) is 14.5. The fraction of sp³-hybridized carbons (Fsp3) is 0.400. The number of hydrazone groups is 1. The minimum absolute atomic E-state index is 0.0453. The second kappa shape index (κ2) is 5.89. The van der Waals surface area contributed by atoms with Gasteiger partial charge >= 0.3 is 5.97 Å². The lowest BCUT2D eigenvalue weighted by Crippen LogP contribution is -2.57. The van der Waals surface area contributed by atoms with Gasteiger partial charge in [-0.1, -0.05) is 11.7 Å². The molecule has 1 aliphatic rings. The third-order valence-electron chi connectivity index (χ3n) is 2.28. The molecule has 1 atom stereocenters. The molecule has 4 N–H and O–H groups in total. The normalized spacial score (nSPS) is 21.9. The molecule has 0 spiro atoms. The summed E-state index contributed by atoms with van der Waals surface area (Å²) in [5.41, 5.74) is 11.5. The highest BCUT2D eigenvalue weighted by Crippen LogP contribution is 2.20. The van der Waals surface area contributed by atoms with Gasteiger partial charge in [-0.15, -0.1) is 0 Å². The van der Waals surface area contributed by atoms with Crippen molar-refractivity contribution in [3.63, 3.8) is 0 Å². The first-order valence-electron chi connectivity index (χ1n) is 5.29. The predicted octanol–water partition coefficient (Wildman–Crippen LogP) is -0.982. The van der Waals surface area contributed by atoms with Crippen LogP contribution < -0.4 is 11.5 Å². The molecule has 0 saturated heterocycles. The zero-order valence-corrected chi connectivity index (χ0v) is 10.4. The maximum absolute atomic E-state index is 10.9.